The van der Waals surface area contributed by atoms with Gasteiger partial charge in [0.2, 0.25) is 0 Å². The molecule has 2 aromatic carbocycles. The standard InChI is InChI=1S/C16H15FN2O4/c1-10(2)23-15-6-4-3-5-14(15)18-16(20)12-8-7-11(19(21)22)9-13(12)17/h3-10H,1-2H3,(H,18,20). The zero-order valence-electron chi connectivity index (χ0n) is 12.6. The van der Waals surface area contributed by atoms with Gasteiger partial charge in [-0.25, -0.2) is 4.39 Å². The van der Waals surface area contributed by atoms with Gasteiger partial charge in [-0.15, -0.1) is 0 Å². The molecule has 0 saturated carbocycles. The third kappa shape index (κ3) is 4.03. The molecule has 0 fully saturated rings. The lowest BCUT2D eigenvalue weighted by Gasteiger charge is -2.14. The molecule has 7 heteroatoms. The van der Waals surface area contributed by atoms with E-state index in [0.29, 0.717) is 17.5 Å². The Hall–Kier alpha value is -2.96. The number of nitro benzene ring substituents is 1. The Morgan fingerprint density at radius 3 is 2.57 bits per heavy atom. The van der Waals surface area contributed by atoms with Gasteiger partial charge in [0.05, 0.1) is 28.3 Å². The van der Waals surface area contributed by atoms with E-state index in [9.17, 15) is 19.3 Å². The average Bonchev–Trinajstić information content (AvgIpc) is 2.48. The Bertz CT molecular complexity index is 747. The lowest BCUT2D eigenvalue weighted by atomic mass is 10.1. The molecule has 0 spiro atoms. The van der Waals surface area contributed by atoms with Gasteiger partial charge >= 0.3 is 0 Å². The number of hydrogen-bond acceptors (Lipinski definition) is 4. The van der Waals surface area contributed by atoms with Crippen molar-refractivity contribution in [3.05, 3.63) is 64.0 Å². The van der Waals surface area contributed by atoms with Crippen molar-refractivity contribution in [1.82, 2.24) is 0 Å². The second kappa shape index (κ2) is 6.87. The molecule has 23 heavy (non-hydrogen) atoms. The number of carbonyl (C=O) groups excluding carboxylic acids is 1. The molecule has 2 rings (SSSR count). The highest BCUT2D eigenvalue weighted by Gasteiger charge is 2.17. The van der Waals surface area contributed by atoms with E-state index in [2.05, 4.69) is 5.32 Å². The van der Waals surface area contributed by atoms with Gasteiger partial charge in [-0.05, 0) is 32.0 Å². The Morgan fingerprint density at radius 2 is 1.96 bits per heavy atom. The number of rotatable bonds is 5. The summed E-state index contributed by atoms with van der Waals surface area (Å²) in [6.07, 6.45) is -0.0934. The number of para-hydroxylation sites is 2. The van der Waals surface area contributed by atoms with Crippen LogP contribution in [0, 0.1) is 15.9 Å². The van der Waals surface area contributed by atoms with Crippen LogP contribution in [0.2, 0.25) is 0 Å². The summed E-state index contributed by atoms with van der Waals surface area (Å²) in [7, 11) is 0. The Balaban J connectivity index is 2.24. The number of ether oxygens (including phenoxy) is 1. The van der Waals surface area contributed by atoms with Gasteiger partial charge in [-0.1, -0.05) is 12.1 Å². The highest BCUT2D eigenvalue weighted by molar-refractivity contribution is 6.05. The minimum absolute atomic E-state index is 0.0934. The molecule has 0 saturated heterocycles. The van der Waals surface area contributed by atoms with Crippen LogP contribution < -0.4 is 10.1 Å². The highest BCUT2D eigenvalue weighted by atomic mass is 19.1. The van der Waals surface area contributed by atoms with Crippen molar-refractivity contribution in [1.29, 1.82) is 0 Å². The Kier molecular flexibility index (Phi) is 4.90. The predicted molar refractivity (Wildman–Crippen MR) is 83.2 cm³/mol. The lowest BCUT2D eigenvalue weighted by Crippen LogP contribution is -2.16. The molecule has 0 radical (unpaired) electrons. The molecule has 120 valence electrons. The molecule has 0 aliphatic rings. The van der Waals surface area contributed by atoms with Crippen LogP contribution >= 0.6 is 0 Å². The SMILES string of the molecule is CC(C)Oc1ccccc1NC(=O)c1ccc([N+](=O)[O-])cc1F. The zero-order valence-corrected chi connectivity index (χ0v) is 12.6. The average molecular weight is 318 g/mol. The molecule has 0 bridgehead atoms. The first-order chi connectivity index (χ1) is 10.9. The molecular formula is C16H15FN2O4. The number of amides is 1. The number of nitrogens with zero attached hydrogens (tertiary/aromatic N) is 1. The maximum atomic E-state index is 13.9. The molecule has 1 amide bonds. The van der Waals surface area contributed by atoms with Gasteiger partial charge in [0.1, 0.15) is 11.6 Å². The molecule has 0 atom stereocenters. The van der Waals surface area contributed by atoms with Crippen LogP contribution in [0.4, 0.5) is 15.8 Å². The third-order valence-corrected chi connectivity index (χ3v) is 2.91. The van der Waals surface area contributed by atoms with Crippen molar-refractivity contribution < 1.29 is 18.8 Å². The first-order valence-corrected chi connectivity index (χ1v) is 6.89. The van der Waals surface area contributed by atoms with Crippen LogP contribution in [0.3, 0.4) is 0 Å². The summed E-state index contributed by atoms with van der Waals surface area (Å²) in [4.78, 5) is 22.0. The number of nitrogens with one attached hydrogen (secondary N) is 1. The summed E-state index contributed by atoms with van der Waals surface area (Å²) < 4.78 is 19.4. The summed E-state index contributed by atoms with van der Waals surface area (Å²) >= 11 is 0. The van der Waals surface area contributed by atoms with Crippen molar-refractivity contribution >= 4 is 17.3 Å². The van der Waals surface area contributed by atoms with E-state index < -0.39 is 22.3 Å². The number of halogens is 1. The molecule has 1 N–H and O–H groups in total. The molecule has 0 unspecified atom stereocenters. The second-order valence-electron chi connectivity index (χ2n) is 5.04. The molecule has 2 aromatic rings. The third-order valence-electron chi connectivity index (χ3n) is 2.91. The normalized spacial score (nSPS) is 10.4. The van der Waals surface area contributed by atoms with Gasteiger partial charge in [-0.2, -0.15) is 0 Å². The van der Waals surface area contributed by atoms with E-state index in [-0.39, 0.29) is 11.7 Å². The summed E-state index contributed by atoms with van der Waals surface area (Å²) in [6.45, 7) is 3.68. The number of nitro groups is 1. The lowest BCUT2D eigenvalue weighted by molar-refractivity contribution is -0.385. The first-order valence-electron chi connectivity index (χ1n) is 6.89. The van der Waals surface area contributed by atoms with E-state index in [1.165, 1.54) is 0 Å². The summed E-state index contributed by atoms with van der Waals surface area (Å²) in [5, 5.41) is 13.1. The van der Waals surface area contributed by atoms with Crippen molar-refractivity contribution in [3.8, 4) is 5.75 Å². The van der Waals surface area contributed by atoms with Gasteiger partial charge in [0, 0.05) is 6.07 Å². The minimum Gasteiger partial charge on any atom is -0.489 e. The van der Waals surface area contributed by atoms with Crippen LogP contribution in [-0.4, -0.2) is 16.9 Å². The van der Waals surface area contributed by atoms with Crippen LogP contribution in [0.5, 0.6) is 5.75 Å². The van der Waals surface area contributed by atoms with Crippen LogP contribution in [0.25, 0.3) is 0 Å². The van der Waals surface area contributed by atoms with Gasteiger partial charge in [-0.3, -0.25) is 14.9 Å². The van der Waals surface area contributed by atoms with Gasteiger partial charge in [0.25, 0.3) is 11.6 Å². The number of benzene rings is 2. The largest absolute Gasteiger partial charge is 0.489 e. The number of anilines is 1. The monoisotopic (exact) mass is 318 g/mol. The van der Waals surface area contributed by atoms with Crippen LogP contribution in [0.1, 0.15) is 24.2 Å². The molecule has 6 nitrogen and oxygen atoms in total. The summed E-state index contributed by atoms with van der Waals surface area (Å²) in [5.74, 6) is -1.21. The molecule has 0 heterocycles. The maximum Gasteiger partial charge on any atom is 0.272 e. The quantitative estimate of drug-likeness (QED) is 0.672. The second-order valence-corrected chi connectivity index (χ2v) is 5.04. The Labute approximate surface area is 132 Å². The smallest absolute Gasteiger partial charge is 0.272 e. The predicted octanol–water partition coefficient (Wildman–Crippen LogP) is 3.77. The van der Waals surface area contributed by atoms with E-state index in [1.54, 1.807) is 24.3 Å². The Morgan fingerprint density at radius 1 is 1.26 bits per heavy atom. The topological polar surface area (TPSA) is 81.5 Å². The van der Waals surface area contributed by atoms with Crippen molar-refractivity contribution in [2.45, 2.75) is 20.0 Å². The maximum absolute atomic E-state index is 13.9. The van der Waals surface area contributed by atoms with Crippen molar-refractivity contribution in [2.24, 2.45) is 0 Å². The minimum atomic E-state index is -0.959. The van der Waals surface area contributed by atoms with Crippen LogP contribution in [0.15, 0.2) is 42.5 Å². The fraction of sp³-hybridized carbons (Fsp3) is 0.188. The van der Waals surface area contributed by atoms with E-state index >= 15 is 0 Å². The van der Waals surface area contributed by atoms with Crippen molar-refractivity contribution in [2.75, 3.05) is 5.32 Å². The van der Waals surface area contributed by atoms with Gasteiger partial charge in [0.15, 0.2) is 0 Å². The van der Waals surface area contributed by atoms with E-state index in [0.717, 1.165) is 12.1 Å². The van der Waals surface area contributed by atoms with E-state index in [1.807, 2.05) is 13.8 Å². The van der Waals surface area contributed by atoms with Gasteiger partial charge < -0.3 is 10.1 Å². The number of carbonyl (C=O) groups is 1. The fourth-order valence-corrected chi connectivity index (χ4v) is 1.92. The van der Waals surface area contributed by atoms with E-state index in [4.69, 9.17) is 4.74 Å². The number of non-ortho nitro benzene ring substituents is 1. The zero-order chi connectivity index (χ0) is 17.0. The van der Waals surface area contributed by atoms with Crippen LogP contribution in [-0.2, 0) is 0 Å². The molecule has 0 aliphatic heterocycles. The molecular weight excluding hydrogens is 303 g/mol. The van der Waals surface area contributed by atoms with Crippen molar-refractivity contribution in [3.63, 3.8) is 0 Å². The molecule has 0 aromatic heterocycles. The highest BCUT2D eigenvalue weighted by Crippen LogP contribution is 2.26. The number of hydrogen-bond donors (Lipinski definition) is 1. The fourth-order valence-electron chi connectivity index (χ4n) is 1.92. The molecule has 0 aliphatic carbocycles. The summed E-state index contributed by atoms with van der Waals surface area (Å²) in [5.41, 5.74) is -0.304. The summed E-state index contributed by atoms with van der Waals surface area (Å²) in [6, 6.07) is 9.63. The first kappa shape index (κ1) is 16.4.